The van der Waals surface area contributed by atoms with Gasteiger partial charge in [-0.2, -0.15) is 0 Å². The van der Waals surface area contributed by atoms with E-state index in [-0.39, 0.29) is 11.8 Å². The first-order chi connectivity index (χ1) is 14.7. The van der Waals surface area contributed by atoms with Crippen molar-refractivity contribution >= 4 is 23.2 Å². The van der Waals surface area contributed by atoms with Crippen molar-refractivity contribution in [3.8, 4) is 0 Å². The maximum Gasteiger partial charge on any atom is 0.251 e. The van der Waals surface area contributed by atoms with E-state index in [1.165, 1.54) is 4.88 Å². The van der Waals surface area contributed by atoms with Crippen LogP contribution in [0.2, 0.25) is 0 Å². The molecule has 4 rings (SSSR count). The molecule has 3 aromatic heterocycles. The first kappa shape index (κ1) is 20.2. The fourth-order valence-electron chi connectivity index (χ4n) is 3.55. The molecule has 1 aliphatic rings. The lowest BCUT2D eigenvalue weighted by Crippen LogP contribution is -2.33. The van der Waals surface area contributed by atoms with Crippen LogP contribution in [-0.2, 0) is 30.7 Å². The Morgan fingerprint density at radius 3 is 2.77 bits per heavy atom. The van der Waals surface area contributed by atoms with Crippen LogP contribution >= 0.6 is 11.3 Å². The number of fused-ring (bicyclic) bond motifs is 1. The lowest BCUT2D eigenvalue weighted by Gasteiger charge is -2.20. The van der Waals surface area contributed by atoms with Crippen LogP contribution in [0.5, 0.6) is 0 Å². The molecule has 8 nitrogen and oxygen atoms in total. The van der Waals surface area contributed by atoms with Gasteiger partial charge in [-0.3, -0.25) is 14.6 Å². The third kappa shape index (κ3) is 4.91. The SMILES string of the molecule is O=C(NCc1nnc2n1CCN(C(=O)CCCc1cccs1)CC2)c1ccncc1. The van der Waals surface area contributed by atoms with Gasteiger partial charge in [0.2, 0.25) is 5.91 Å². The van der Waals surface area contributed by atoms with Crippen LogP contribution in [0.25, 0.3) is 0 Å². The summed E-state index contributed by atoms with van der Waals surface area (Å²) in [7, 11) is 0. The Morgan fingerprint density at radius 1 is 1.10 bits per heavy atom. The van der Waals surface area contributed by atoms with Crippen molar-refractivity contribution in [3.05, 3.63) is 64.1 Å². The number of thiophene rings is 1. The largest absolute Gasteiger partial charge is 0.345 e. The number of hydrogen-bond acceptors (Lipinski definition) is 6. The average molecular weight is 425 g/mol. The van der Waals surface area contributed by atoms with Crippen LogP contribution in [0.15, 0.2) is 42.0 Å². The Hall–Kier alpha value is -3.07. The zero-order valence-corrected chi connectivity index (χ0v) is 17.5. The van der Waals surface area contributed by atoms with Gasteiger partial charge in [0, 0.05) is 55.3 Å². The van der Waals surface area contributed by atoms with Gasteiger partial charge < -0.3 is 14.8 Å². The van der Waals surface area contributed by atoms with Gasteiger partial charge in [0.1, 0.15) is 5.82 Å². The van der Waals surface area contributed by atoms with Crippen LogP contribution < -0.4 is 5.32 Å². The third-order valence-electron chi connectivity index (χ3n) is 5.20. The number of carbonyl (C=O) groups excluding carboxylic acids is 2. The smallest absolute Gasteiger partial charge is 0.251 e. The highest BCUT2D eigenvalue weighted by Crippen LogP contribution is 2.14. The molecule has 30 heavy (non-hydrogen) atoms. The van der Waals surface area contributed by atoms with E-state index in [4.69, 9.17) is 0 Å². The summed E-state index contributed by atoms with van der Waals surface area (Å²) >= 11 is 1.74. The fraction of sp³-hybridized carbons (Fsp3) is 0.381. The predicted molar refractivity (Wildman–Crippen MR) is 113 cm³/mol. The standard InChI is InChI=1S/C21H24N6O2S/c28-20(5-1-3-17-4-2-14-30-17)26-11-8-18-24-25-19(27(18)13-12-26)15-23-21(29)16-6-9-22-10-7-16/h2,4,6-7,9-10,14H,1,3,5,8,11-13,15H2,(H,23,29). The molecule has 0 radical (unpaired) electrons. The molecule has 0 aromatic carbocycles. The first-order valence-electron chi connectivity index (χ1n) is 10.1. The van der Waals surface area contributed by atoms with E-state index in [1.807, 2.05) is 15.5 Å². The molecule has 0 bridgehead atoms. The lowest BCUT2D eigenvalue weighted by molar-refractivity contribution is -0.131. The maximum absolute atomic E-state index is 12.6. The Morgan fingerprint density at radius 2 is 1.97 bits per heavy atom. The summed E-state index contributed by atoms with van der Waals surface area (Å²) in [4.78, 5) is 32.0. The monoisotopic (exact) mass is 424 g/mol. The van der Waals surface area contributed by atoms with E-state index < -0.39 is 0 Å². The van der Waals surface area contributed by atoms with E-state index in [0.29, 0.717) is 50.4 Å². The number of pyridine rings is 1. The van der Waals surface area contributed by atoms with Crippen LogP contribution in [0.3, 0.4) is 0 Å². The Bertz CT molecular complexity index is 986. The number of nitrogens with zero attached hydrogens (tertiary/aromatic N) is 5. The van der Waals surface area contributed by atoms with E-state index in [2.05, 4.69) is 31.9 Å². The summed E-state index contributed by atoms with van der Waals surface area (Å²) in [5.74, 6) is 1.58. The summed E-state index contributed by atoms with van der Waals surface area (Å²) in [5, 5.41) is 13.5. The fourth-order valence-corrected chi connectivity index (χ4v) is 4.31. The predicted octanol–water partition coefficient (Wildman–Crippen LogP) is 2.07. The van der Waals surface area contributed by atoms with E-state index in [0.717, 1.165) is 18.7 Å². The van der Waals surface area contributed by atoms with Crippen molar-refractivity contribution in [2.45, 2.75) is 38.8 Å². The van der Waals surface area contributed by atoms with Crippen LogP contribution in [0.4, 0.5) is 0 Å². The van der Waals surface area contributed by atoms with Gasteiger partial charge >= 0.3 is 0 Å². The van der Waals surface area contributed by atoms with Gasteiger partial charge in [-0.25, -0.2) is 0 Å². The zero-order chi connectivity index (χ0) is 20.8. The Balaban J connectivity index is 1.29. The molecule has 0 saturated heterocycles. The molecule has 4 heterocycles. The topological polar surface area (TPSA) is 93.0 Å². The van der Waals surface area contributed by atoms with Crippen molar-refractivity contribution < 1.29 is 9.59 Å². The molecule has 3 aromatic rings. The molecule has 1 N–H and O–H groups in total. The molecule has 0 aliphatic carbocycles. The molecule has 2 amide bonds. The summed E-state index contributed by atoms with van der Waals surface area (Å²) in [6.45, 7) is 2.22. The second-order valence-electron chi connectivity index (χ2n) is 7.17. The molecule has 0 atom stereocenters. The van der Waals surface area contributed by atoms with Crippen molar-refractivity contribution in [2.75, 3.05) is 13.1 Å². The highest BCUT2D eigenvalue weighted by atomic mass is 32.1. The van der Waals surface area contributed by atoms with Gasteiger partial charge in [-0.05, 0) is 36.4 Å². The summed E-state index contributed by atoms with van der Waals surface area (Å²) in [6, 6.07) is 7.49. The van der Waals surface area contributed by atoms with Crippen LogP contribution in [0.1, 0.15) is 39.7 Å². The quantitative estimate of drug-likeness (QED) is 0.627. The molecule has 9 heteroatoms. The van der Waals surface area contributed by atoms with Crippen LogP contribution in [-0.4, -0.2) is 49.6 Å². The van der Waals surface area contributed by atoms with Gasteiger partial charge in [-0.1, -0.05) is 6.07 Å². The molecule has 0 unspecified atom stereocenters. The van der Waals surface area contributed by atoms with Gasteiger partial charge in [0.15, 0.2) is 5.82 Å². The first-order valence-corrected chi connectivity index (χ1v) is 11.0. The number of rotatable bonds is 7. The molecular formula is C21H24N6O2S. The molecule has 0 saturated carbocycles. The number of nitrogens with one attached hydrogen (secondary N) is 1. The Kier molecular flexibility index (Phi) is 6.48. The van der Waals surface area contributed by atoms with Gasteiger partial charge in [-0.15, -0.1) is 21.5 Å². The molecule has 156 valence electrons. The number of carbonyl (C=O) groups is 2. The lowest BCUT2D eigenvalue weighted by atomic mass is 10.2. The molecule has 1 aliphatic heterocycles. The minimum atomic E-state index is -0.175. The van der Waals surface area contributed by atoms with Crippen molar-refractivity contribution in [2.24, 2.45) is 0 Å². The molecule has 0 spiro atoms. The van der Waals surface area contributed by atoms with E-state index in [1.54, 1.807) is 35.9 Å². The number of amides is 2. The maximum atomic E-state index is 12.6. The average Bonchev–Trinajstić information content (AvgIpc) is 3.37. The van der Waals surface area contributed by atoms with Crippen molar-refractivity contribution in [1.29, 1.82) is 0 Å². The van der Waals surface area contributed by atoms with Gasteiger partial charge in [0.05, 0.1) is 6.54 Å². The minimum absolute atomic E-state index is 0.175. The second-order valence-corrected chi connectivity index (χ2v) is 8.20. The van der Waals surface area contributed by atoms with E-state index >= 15 is 0 Å². The third-order valence-corrected chi connectivity index (χ3v) is 6.14. The normalized spacial score (nSPS) is 13.5. The van der Waals surface area contributed by atoms with Crippen LogP contribution in [0, 0.1) is 0 Å². The number of aromatic nitrogens is 4. The highest BCUT2D eigenvalue weighted by Gasteiger charge is 2.21. The zero-order valence-electron chi connectivity index (χ0n) is 16.7. The summed E-state index contributed by atoms with van der Waals surface area (Å²) < 4.78 is 2.02. The van der Waals surface area contributed by atoms with E-state index in [9.17, 15) is 9.59 Å². The molecular weight excluding hydrogens is 400 g/mol. The highest BCUT2D eigenvalue weighted by molar-refractivity contribution is 7.09. The summed E-state index contributed by atoms with van der Waals surface area (Å²) in [6.07, 6.45) is 6.22. The number of aryl methyl sites for hydroxylation is 1. The summed E-state index contributed by atoms with van der Waals surface area (Å²) in [5.41, 5.74) is 0.555. The van der Waals surface area contributed by atoms with Crippen molar-refractivity contribution in [1.82, 2.24) is 30.0 Å². The Labute approximate surface area is 179 Å². The minimum Gasteiger partial charge on any atom is -0.345 e. The molecule has 0 fully saturated rings. The van der Waals surface area contributed by atoms with Crippen molar-refractivity contribution in [3.63, 3.8) is 0 Å². The number of hydrogen-bond donors (Lipinski definition) is 1. The second kappa shape index (κ2) is 9.62. The van der Waals surface area contributed by atoms with Gasteiger partial charge in [0.25, 0.3) is 5.91 Å².